The molecule has 1 fully saturated rings. The second-order valence-corrected chi connectivity index (χ2v) is 10.7. The van der Waals surface area contributed by atoms with E-state index in [4.69, 9.17) is 4.74 Å². The number of pyridine rings is 1. The lowest BCUT2D eigenvalue weighted by Gasteiger charge is -2.27. The smallest absolute Gasteiger partial charge is 0.260 e. The lowest BCUT2D eigenvalue weighted by atomic mass is 10.2. The maximum absolute atomic E-state index is 13.3. The molecule has 0 aliphatic carbocycles. The molecule has 2 amide bonds. The van der Waals surface area contributed by atoms with Crippen LogP contribution in [0.1, 0.15) is 42.7 Å². The highest BCUT2D eigenvalue weighted by molar-refractivity contribution is 7.21. The van der Waals surface area contributed by atoms with Crippen LogP contribution in [0.25, 0.3) is 15.3 Å². The first kappa shape index (κ1) is 26.0. The van der Waals surface area contributed by atoms with Gasteiger partial charge in [0, 0.05) is 31.1 Å². The predicted octanol–water partition coefficient (Wildman–Crippen LogP) is 3.67. The third-order valence-corrected chi connectivity index (χ3v) is 7.91. The van der Waals surface area contributed by atoms with Crippen LogP contribution < -0.4 is 10.6 Å². The van der Waals surface area contributed by atoms with Gasteiger partial charge in [-0.25, -0.2) is 4.52 Å². The maximum Gasteiger partial charge on any atom is 0.260 e. The van der Waals surface area contributed by atoms with Gasteiger partial charge in [-0.1, -0.05) is 0 Å². The number of aryl methyl sites for hydroxylation is 1. The largest absolute Gasteiger partial charge is 0.383 e. The third kappa shape index (κ3) is 5.33. The quantitative estimate of drug-likeness (QED) is 0.335. The summed E-state index contributed by atoms with van der Waals surface area (Å²) in [6.07, 6.45) is 10.6. The van der Waals surface area contributed by atoms with Crippen LogP contribution >= 0.6 is 11.3 Å². The van der Waals surface area contributed by atoms with Crippen molar-refractivity contribution >= 4 is 39.4 Å². The zero-order valence-corrected chi connectivity index (χ0v) is 22.8. The molecule has 0 radical (unpaired) electrons. The second kappa shape index (κ2) is 11.0. The summed E-state index contributed by atoms with van der Waals surface area (Å²) in [4.78, 5) is 34.5. The molecule has 0 unspecified atom stereocenters. The van der Waals surface area contributed by atoms with Crippen LogP contribution in [0.5, 0.6) is 0 Å². The van der Waals surface area contributed by atoms with E-state index < -0.39 is 0 Å². The van der Waals surface area contributed by atoms with Crippen LogP contribution in [0.15, 0.2) is 37.1 Å². The number of amides is 2. The third-order valence-electron chi connectivity index (χ3n) is 6.75. The monoisotopic (exact) mass is 536 g/mol. The number of methoxy groups -OCH3 is 1. The number of thiazole rings is 1. The lowest BCUT2D eigenvalue weighted by Crippen LogP contribution is -2.43. The summed E-state index contributed by atoms with van der Waals surface area (Å²) >= 11 is 1.47. The fourth-order valence-electron chi connectivity index (χ4n) is 4.71. The van der Waals surface area contributed by atoms with E-state index in [9.17, 15) is 9.59 Å². The van der Waals surface area contributed by atoms with Gasteiger partial charge in [0.1, 0.15) is 4.83 Å². The van der Waals surface area contributed by atoms with Crippen molar-refractivity contribution in [1.29, 1.82) is 0 Å². The van der Waals surface area contributed by atoms with E-state index in [2.05, 4.69) is 44.6 Å². The second-order valence-electron chi connectivity index (χ2n) is 9.68. The van der Waals surface area contributed by atoms with Gasteiger partial charge < -0.3 is 15.4 Å². The molecule has 1 aliphatic heterocycles. The van der Waals surface area contributed by atoms with Gasteiger partial charge in [-0.05, 0) is 46.2 Å². The molecule has 0 aromatic carbocycles. The lowest BCUT2D eigenvalue weighted by molar-refractivity contribution is -0.120. The SMILES string of the molecule is COCCn1cc(-c2cn3ncc(C(=O)Nc4cc(NC(=O)[C@@H]5CCCN5C(C)C)cnc4C)c3s2)cn1. The number of hydrogen-bond acceptors (Lipinski definition) is 8. The topological polar surface area (TPSA) is 119 Å². The fourth-order valence-corrected chi connectivity index (χ4v) is 5.74. The number of nitrogens with zero attached hydrogens (tertiary/aromatic N) is 6. The summed E-state index contributed by atoms with van der Waals surface area (Å²) in [6, 6.07) is 1.90. The first-order chi connectivity index (χ1) is 18.3. The molecule has 38 heavy (non-hydrogen) atoms. The van der Waals surface area contributed by atoms with Crippen molar-refractivity contribution in [2.75, 3.05) is 30.9 Å². The molecule has 0 bridgehead atoms. The molecular weight excluding hydrogens is 504 g/mol. The van der Waals surface area contributed by atoms with Gasteiger partial charge in [-0.3, -0.25) is 24.2 Å². The zero-order valence-electron chi connectivity index (χ0n) is 22.0. The Morgan fingerprint density at radius 1 is 1.18 bits per heavy atom. The highest BCUT2D eigenvalue weighted by Crippen LogP contribution is 2.31. The average molecular weight is 537 g/mol. The minimum Gasteiger partial charge on any atom is -0.383 e. The highest BCUT2D eigenvalue weighted by Gasteiger charge is 2.32. The first-order valence-corrected chi connectivity index (χ1v) is 13.5. The van der Waals surface area contributed by atoms with Gasteiger partial charge in [0.15, 0.2) is 0 Å². The van der Waals surface area contributed by atoms with E-state index in [1.54, 1.807) is 36.3 Å². The van der Waals surface area contributed by atoms with E-state index in [0.717, 1.165) is 34.7 Å². The van der Waals surface area contributed by atoms with Crippen LogP contribution in [-0.2, 0) is 16.1 Å². The first-order valence-electron chi connectivity index (χ1n) is 12.7. The Hall–Kier alpha value is -3.61. The molecule has 1 atom stereocenters. The average Bonchev–Trinajstić information content (AvgIpc) is 3.68. The fraction of sp³-hybridized carbons (Fsp3) is 0.423. The van der Waals surface area contributed by atoms with Gasteiger partial charge in [-0.2, -0.15) is 10.2 Å². The summed E-state index contributed by atoms with van der Waals surface area (Å²) < 4.78 is 8.64. The van der Waals surface area contributed by atoms with Crippen molar-refractivity contribution in [2.24, 2.45) is 0 Å². The predicted molar refractivity (Wildman–Crippen MR) is 147 cm³/mol. The summed E-state index contributed by atoms with van der Waals surface area (Å²) in [6.45, 7) is 8.19. The number of likely N-dealkylation sites (tertiary alicyclic amines) is 1. The molecule has 0 spiro atoms. The highest BCUT2D eigenvalue weighted by atomic mass is 32.1. The summed E-state index contributed by atoms with van der Waals surface area (Å²) in [7, 11) is 1.66. The van der Waals surface area contributed by atoms with Crippen LogP contribution in [0, 0.1) is 6.92 Å². The maximum atomic E-state index is 13.3. The van der Waals surface area contributed by atoms with Crippen molar-refractivity contribution < 1.29 is 14.3 Å². The Bertz CT molecular complexity index is 1460. The van der Waals surface area contributed by atoms with Crippen LogP contribution in [-0.4, -0.2) is 73.4 Å². The Labute approximate surface area is 224 Å². The van der Waals surface area contributed by atoms with Gasteiger partial charge in [0.2, 0.25) is 5.91 Å². The Balaban J connectivity index is 1.31. The zero-order chi connectivity index (χ0) is 26.8. The molecule has 200 valence electrons. The molecule has 0 saturated carbocycles. The molecule has 4 aromatic heterocycles. The van der Waals surface area contributed by atoms with Crippen molar-refractivity contribution in [3.8, 4) is 10.4 Å². The van der Waals surface area contributed by atoms with Crippen molar-refractivity contribution in [2.45, 2.75) is 52.2 Å². The standard InChI is InChI=1S/C26H32N8O3S/c1-16(2)33-7-5-6-22(33)25(36)30-19-10-21(17(3)27-12-19)31-24(35)20-13-29-34-15-23(38-26(20)34)18-11-28-32(14-18)8-9-37-4/h10-16,22H,5-9H2,1-4H3,(H,30,36)(H,31,35)/t22-/m0/s1. The van der Waals surface area contributed by atoms with Crippen molar-refractivity contribution in [1.82, 2.24) is 29.3 Å². The van der Waals surface area contributed by atoms with Crippen molar-refractivity contribution in [3.63, 3.8) is 0 Å². The van der Waals surface area contributed by atoms with Gasteiger partial charge >= 0.3 is 0 Å². The minimum atomic E-state index is -0.292. The van der Waals surface area contributed by atoms with E-state index in [0.29, 0.717) is 41.8 Å². The number of ether oxygens (including phenoxy) is 1. The number of fused-ring (bicyclic) bond motifs is 1. The number of anilines is 2. The summed E-state index contributed by atoms with van der Waals surface area (Å²) in [5.74, 6) is -0.339. The molecule has 5 rings (SSSR count). The van der Waals surface area contributed by atoms with Gasteiger partial charge in [0.05, 0.1) is 65.3 Å². The van der Waals surface area contributed by atoms with E-state index in [1.165, 1.54) is 11.3 Å². The Morgan fingerprint density at radius 2 is 2.03 bits per heavy atom. The molecule has 1 aliphatic rings. The number of nitrogens with one attached hydrogen (secondary N) is 2. The normalized spacial score (nSPS) is 16.0. The minimum absolute atomic E-state index is 0.0471. The molecule has 11 nitrogen and oxygen atoms in total. The molecule has 5 heterocycles. The van der Waals surface area contributed by atoms with Crippen LogP contribution in [0.2, 0.25) is 0 Å². The number of aromatic nitrogens is 5. The molecule has 12 heteroatoms. The van der Waals surface area contributed by atoms with E-state index in [1.807, 2.05) is 24.0 Å². The van der Waals surface area contributed by atoms with Crippen LogP contribution in [0.4, 0.5) is 11.4 Å². The van der Waals surface area contributed by atoms with Crippen molar-refractivity contribution in [3.05, 3.63) is 48.3 Å². The van der Waals surface area contributed by atoms with Gasteiger partial charge in [0.25, 0.3) is 5.91 Å². The number of hydrogen-bond donors (Lipinski definition) is 2. The number of carbonyl (C=O) groups is 2. The van der Waals surface area contributed by atoms with Crippen LogP contribution in [0.3, 0.4) is 0 Å². The summed E-state index contributed by atoms with van der Waals surface area (Å²) in [5.41, 5.74) is 3.15. The Morgan fingerprint density at radius 3 is 2.82 bits per heavy atom. The molecule has 4 aromatic rings. The van der Waals surface area contributed by atoms with E-state index >= 15 is 0 Å². The molecule has 1 saturated heterocycles. The number of carbonyl (C=O) groups excluding carboxylic acids is 2. The van der Waals surface area contributed by atoms with Gasteiger partial charge in [-0.15, -0.1) is 11.3 Å². The molecular formula is C26H32N8O3S. The molecule has 2 N–H and O–H groups in total. The summed E-state index contributed by atoms with van der Waals surface area (Å²) in [5, 5.41) is 14.7. The van der Waals surface area contributed by atoms with E-state index in [-0.39, 0.29) is 17.9 Å². The number of rotatable bonds is 9. The Kier molecular flexibility index (Phi) is 7.54.